The standard InChI is InChI=1S/C14H23FN2O2S/c1-10(14(2,3)4)17-20(18,19)13-7-6-11(9-16-5)8-12(13)15/h6-8,10,16-17H,9H2,1-5H3. The Balaban J connectivity index is 3.04. The highest BCUT2D eigenvalue weighted by Crippen LogP contribution is 2.22. The van der Waals surface area contributed by atoms with Gasteiger partial charge in [0.25, 0.3) is 0 Å². The molecular weight excluding hydrogens is 279 g/mol. The molecular formula is C14H23FN2O2S. The van der Waals surface area contributed by atoms with Gasteiger partial charge in [-0.1, -0.05) is 26.8 Å². The van der Waals surface area contributed by atoms with E-state index in [1.165, 1.54) is 12.1 Å². The second kappa shape index (κ2) is 6.20. The molecule has 0 aliphatic heterocycles. The van der Waals surface area contributed by atoms with Crippen molar-refractivity contribution in [3.8, 4) is 0 Å². The third-order valence-corrected chi connectivity index (χ3v) is 4.87. The minimum atomic E-state index is -3.85. The number of nitrogens with one attached hydrogen (secondary N) is 2. The molecule has 0 amide bonds. The summed E-state index contributed by atoms with van der Waals surface area (Å²) in [6.07, 6.45) is 0. The summed E-state index contributed by atoms with van der Waals surface area (Å²) >= 11 is 0. The number of hydrogen-bond donors (Lipinski definition) is 2. The van der Waals surface area contributed by atoms with E-state index in [9.17, 15) is 12.8 Å². The van der Waals surface area contributed by atoms with Gasteiger partial charge in [-0.05, 0) is 37.1 Å². The lowest BCUT2D eigenvalue weighted by molar-refractivity contribution is 0.317. The fourth-order valence-electron chi connectivity index (χ4n) is 1.55. The van der Waals surface area contributed by atoms with Gasteiger partial charge in [0.2, 0.25) is 10.0 Å². The minimum absolute atomic E-state index is 0.240. The molecule has 0 fully saturated rings. The number of rotatable bonds is 5. The number of benzene rings is 1. The molecule has 1 aromatic carbocycles. The van der Waals surface area contributed by atoms with Crippen LogP contribution < -0.4 is 10.0 Å². The van der Waals surface area contributed by atoms with E-state index in [4.69, 9.17) is 0 Å². The van der Waals surface area contributed by atoms with Crippen LogP contribution in [0.3, 0.4) is 0 Å². The van der Waals surface area contributed by atoms with Crippen molar-refractivity contribution in [2.75, 3.05) is 7.05 Å². The molecule has 0 heterocycles. The van der Waals surface area contributed by atoms with Gasteiger partial charge in [-0.3, -0.25) is 0 Å². The highest BCUT2D eigenvalue weighted by molar-refractivity contribution is 7.89. The molecule has 0 aliphatic carbocycles. The van der Waals surface area contributed by atoms with Gasteiger partial charge in [0, 0.05) is 12.6 Å². The number of sulfonamides is 1. The molecule has 0 saturated carbocycles. The first-order valence-corrected chi connectivity index (χ1v) is 8.01. The normalized spacial score (nSPS) is 14.3. The maximum atomic E-state index is 14.0. The van der Waals surface area contributed by atoms with E-state index >= 15 is 0 Å². The fraction of sp³-hybridized carbons (Fsp3) is 0.571. The lowest BCUT2D eigenvalue weighted by Gasteiger charge is -2.27. The van der Waals surface area contributed by atoms with Crippen LogP contribution in [0, 0.1) is 11.2 Å². The number of hydrogen-bond acceptors (Lipinski definition) is 3. The summed E-state index contributed by atoms with van der Waals surface area (Å²) in [4.78, 5) is -0.312. The molecule has 0 saturated heterocycles. The van der Waals surface area contributed by atoms with Crippen LogP contribution in [-0.2, 0) is 16.6 Å². The third-order valence-electron chi connectivity index (χ3n) is 3.30. The van der Waals surface area contributed by atoms with Gasteiger partial charge in [-0.15, -0.1) is 0 Å². The molecule has 0 bridgehead atoms. The molecule has 0 aromatic heterocycles. The van der Waals surface area contributed by atoms with Crippen LogP contribution in [0.4, 0.5) is 4.39 Å². The first-order chi connectivity index (χ1) is 9.08. The largest absolute Gasteiger partial charge is 0.316 e. The van der Waals surface area contributed by atoms with Crippen LogP contribution >= 0.6 is 0 Å². The van der Waals surface area contributed by atoms with Crippen molar-refractivity contribution < 1.29 is 12.8 Å². The van der Waals surface area contributed by atoms with Gasteiger partial charge in [-0.2, -0.15) is 0 Å². The van der Waals surface area contributed by atoms with Crippen LogP contribution in [0.15, 0.2) is 23.1 Å². The quantitative estimate of drug-likeness (QED) is 0.877. The number of halogens is 1. The van der Waals surface area contributed by atoms with Crippen molar-refractivity contribution in [1.82, 2.24) is 10.0 Å². The molecule has 0 radical (unpaired) electrons. The summed E-state index contributed by atoms with van der Waals surface area (Å²) in [5, 5.41) is 2.89. The Morgan fingerprint density at radius 3 is 2.35 bits per heavy atom. The lowest BCUT2D eigenvalue weighted by atomic mass is 9.89. The first kappa shape index (κ1) is 17.1. The monoisotopic (exact) mass is 302 g/mol. The van der Waals surface area contributed by atoms with Crippen molar-refractivity contribution in [2.24, 2.45) is 5.41 Å². The van der Waals surface area contributed by atoms with Crippen molar-refractivity contribution in [3.63, 3.8) is 0 Å². The molecule has 1 aromatic rings. The van der Waals surface area contributed by atoms with Crippen LogP contribution in [0.1, 0.15) is 33.3 Å². The second-order valence-electron chi connectivity index (χ2n) is 6.00. The smallest absolute Gasteiger partial charge is 0.243 e. The van der Waals surface area contributed by atoms with Crippen LogP contribution in [0.2, 0.25) is 0 Å². The van der Waals surface area contributed by atoms with Gasteiger partial charge >= 0.3 is 0 Å². The average Bonchev–Trinajstić information content (AvgIpc) is 2.27. The summed E-state index contributed by atoms with van der Waals surface area (Å²) < 4.78 is 40.9. The van der Waals surface area contributed by atoms with Crippen molar-refractivity contribution in [3.05, 3.63) is 29.6 Å². The Kier molecular flexibility index (Phi) is 5.29. The summed E-state index contributed by atoms with van der Waals surface area (Å²) in [5.74, 6) is -0.730. The Labute approximate surface area is 120 Å². The van der Waals surface area contributed by atoms with Crippen molar-refractivity contribution >= 4 is 10.0 Å². The molecule has 20 heavy (non-hydrogen) atoms. The second-order valence-corrected chi connectivity index (χ2v) is 7.69. The molecule has 114 valence electrons. The summed E-state index contributed by atoms with van der Waals surface area (Å²) in [6.45, 7) is 8.03. The van der Waals surface area contributed by atoms with Crippen molar-refractivity contribution in [1.29, 1.82) is 0 Å². The maximum Gasteiger partial charge on any atom is 0.243 e. The summed E-state index contributed by atoms with van der Waals surface area (Å²) in [7, 11) is -2.11. The molecule has 0 spiro atoms. The Hall–Kier alpha value is -0.980. The SMILES string of the molecule is CNCc1ccc(S(=O)(=O)NC(C)C(C)(C)C)c(F)c1. The zero-order chi connectivity index (χ0) is 15.6. The maximum absolute atomic E-state index is 14.0. The summed E-state index contributed by atoms with van der Waals surface area (Å²) in [6, 6.07) is 3.85. The van der Waals surface area contributed by atoms with E-state index in [0.717, 1.165) is 0 Å². The molecule has 6 heteroatoms. The van der Waals surface area contributed by atoms with E-state index in [-0.39, 0.29) is 16.4 Å². The van der Waals surface area contributed by atoms with Gasteiger partial charge in [0.15, 0.2) is 0 Å². The molecule has 2 N–H and O–H groups in total. The fourth-order valence-corrected chi connectivity index (χ4v) is 3.06. The zero-order valence-corrected chi connectivity index (χ0v) is 13.4. The minimum Gasteiger partial charge on any atom is -0.316 e. The third kappa shape index (κ3) is 4.26. The zero-order valence-electron chi connectivity index (χ0n) is 12.6. The van der Waals surface area contributed by atoms with Gasteiger partial charge in [-0.25, -0.2) is 17.5 Å². The Morgan fingerprint density at radius 2 is 1.90 bits per heavy atom. The predicted molar refractivity (Wildman–Crippen MR) is 78.4 cm³/mol. The van der Waals surface area contributed by atoms with Gasteiger partial charge < -0.3 is 5.32 Å². The highest BCUT2D eigenvalue weighted by atomic mass is 32.2. The topological polar surface area (TPSA) is 58.2 Å². The molecule has 4 nitrogen and oxygen atoms in total. The predicted octanol–water partition coefficient (Wildman–Crippen LogP) is 2.26. The first-order valence-electron chi connectivity index (χ1n) is 6.53. The Bertz CT molecular complexity index is 565. The van der Waals surface area contributed by atoms with Gasteiger partial charge in [0.05, 0.1) is 0 Å². The molecule has 1 rings (SSSR count). The highest BCUT2D eigenvalue weighted by Gasteiger charge is 2.27. The van der Waals surface area contributed by atoms with Crippen LogP contribution in [-0.4, -0.2) is 21.5 Å². The molecule has 1 atom stereocenters. The Morgan fingerprint density at radius 1 is 1.30 bits per heavy atom. The lowest BCUT2D eigenvalue weighted by Crippen LogP contribution is -2.41. The van der Waals surface area contributed by atoms with Crippen molar-refractivity contribution in [2.45, 2.75) is 45.2 Å². The van der Waals surface area contributed by atoms with Gasteiger partial charge in [0.1, 0.15) is 10.7 Å². The average molecular weight is 302 g/mol. The van der Waals surface area contributed by atoms with E-state index in [1.807, 2.05) is 20.8 Å². The molecule has 1 unspecified atom stereocenters. The molecule has 0 aliphatic rings. The van der Waals surface area contributed by atoms with E-state index in [1.54, 1.807) is 20.0 Å². The van der Waals surface area contributed by atoms with Crippen LogP contribution in [0.25, 0.3) is 0 Å². The van der Waals surface area contributed by atoms with E-state index in [0.29, 0.717) is 12.1 Å². The van der Waals surface area contributed by atoms with E-state index in [2.05, 4.69) is 10.0 Å². The van der Waals surface area contributed by atoms with E-state index < -0.39 is 15.8 Å². The van der Waals surface area contributed by atoms with Crippen LogP contribution in [0.5, 0.6) is 0 Å². The summed E-state index contributed by atoms with van der Waals surface area (Å²) in [5.41, 5.74) is 0.461.